The Morgan fingerprint density at radius 2 is 2.20 bits per heavy atom. The molecule has 0 aromatic heterocycles. The van der Waals surface area contributed by atoms with E-state index in [-0.39, 0.29) is 5.82 Å². The molecule has 0 fully saturated rings. The van der Waals surface area contributed by atoms with Gasteiger partial charge in [-0.25, -0.2) is 4.39 Å². The summed E-state index contributed by atoms with van der Waals surface area (Å²) >= 11 is 2.01. The molecule has 0 saturated carbocycles. The van der Waals surface area contributed by atoms with Crippen LogP contribution in [0, 0.1) is 9.39 Å². The summed E-state index contributed by atoms with van der Waals surface area (Å²) < 4.78 is 13.7. The van der Waals surface area contributed by atoms with Gasteiger partial charge < -0.3 is 0 Å². The summed E-state index contributed by atoms with van der Waals surface area (Å²) in [6.07, 6.45) is 0. The monoisotopic (exact) mass is 266 g/mol. The lowest BCUT2D eigenvalue weighted by Crippen LogP contribution is -1.91. The van der Waals surface area contributed by atoms with Gasteiger partial charge in [-0.15, -0.1) is 0 Å². The average Bonchev–Trinajstić information content (AvgIpc) is 1.95. The predicted molar refractivity (Wildman–Crippen MR) is 52.8 cm³/mol. The van der Waals surface area contributed by atoms with Crippen LogP contribution in [0.3, 0.4) is 0 Å². The van der Waals surface area contributed by atoms with Crippen molar-refractivity contribution in [1.29, 1.82) is 0 Å². The zero-order valence-electron chi connectivity index (χ0n) is 5.70. The number of hydrogen-bond donors (Lipinski definition) is 0. The predicted octanol–water partition coefficient (Wildman–Crippen LogP) is 1.30. The lowest BCUT2D eigenvalue weighted by atomic mass is 10.2. The fourth-order valence-corrected chi connectivity index (χ4v) is 1.92. The zero-order chi connectivity index (χ0) is 7.56. The van der Waals surface area contributed by atoms with Crippen molar-refractivity contribution in [2.24, 2.45) is 0 Å². The Balaban J connectivity index is 3.14. The minimum atomic E-state index is -0.0295. The van der Waals surface area contributed by atoms with Crippen LogP contribution in [0.4, 0.5) is 4.39 Å². The Bertz CT molecular complexity index is 237. The first-order chi connectivity index (χ1) is 4.75. The third-order valence-corrected chi connectivity index (χ3v) is 3.01. The van der Waals surface area contributed by atoms with Gasteiger partial charge in [-0.3, -0.25) is 0 Å². The van der Waals surface area contributed by atoms with Crippen molar-refractivity contribution in [2.45, 2.75) is 6.04 Å². The minimum Gasteiger partial charge on any atom is -0.206 e. The Labute approximate surface area is 76.4 Å². The molecule has 54 valence electrons. The molecule has 0 aliphatic carbocycles. The van der Waals surface area contributed by atoms with E-state index in [1.54, 1.807) is 6.07 Å². The normalized spacial score (nSPS) is 10.2. The van der Waals surface area contributed by atoms with Crippen molar-refractivity contribution >= 4 is 32.8 Å². The maximum atomic E-state index is 13.0. The summed E-state index contributed by atoms with van der Waals surface area (Å²) in [5, 5.41) is 0. The Hall–Kier alpha value is 0.0969. The van der Waals surface area contributed by atoms with Crippen LogP contribution in [0.2, 0.25) is 0 Å². The molecule has 3 heteroatoms. The molecule has 0 bridgehead atoms. The summed E-state index contributed by atoms with van der Waals surface area (Å²) in [5.41, 5.74) is 0.860. The summed E-state index contributed by atoms with van der Waals surface area (Å²) in [4.78, 5) is 0. The number of rotatable bonds is 1. The quantitative estimate of drug-likeness (QED) is 0.531. The van der Waals surface area contributed by atoms with E-state index in [9.17, 15) is 4.39 Å². The van der Waals surface area contributed by atoms with E-state index >= 15 is 0 Å². The molecule has 0 unspecified atom stereocenters. The van der Waals surface area contributed by atoms with Crippen molar-refractivity contribution in [3.8, 4) is 0 Å². The second-order valence-electron chi connectivity index (χ2n) is 2.07. The third-order valence-electron chi connectivity index (χ3n) is 1.41. The molecule has 0 heterocycles. The second kappa shape index (κ2) is 3.48. The van der Waals surface area contributed by atoms with Gasteiger partial charge in [0.25, 0.3) is 0 Å². The molecule has 1 aromatic rings. The van der Waals surface area contributed by atoms with Gasteiger partial charge >= 0.3 is 0 Å². The van der Waals surface area contributed by atoms with Crippen molar-refractivity contribution < 1.29 is 4.39 Å². The highest BCUT2D eigenvalue weighted by atomic mass is 127. The second-order valence-corrected chi connectivity index (χ2v) is 3.94. The Kier molecular flexibility index (Phi) is 2.85. The van der Waals surface area contributed by atoms with Gasteiger partial charge in [0.05, 0.1) is 0 Å². The van der Waals surface area contributed by atoms with E-state index in [1.807, 2.05) is 34.7 Å². The van der Waals surface area contributed by atoms with Gasteiger partial charge in [0.2, 0.25) is 0 Å². The first-order valence-corrected chi connectivity index (χ1v) is 5.68. The summed E-state index contributed by atoms with van der Waals surface area (Å²) in [7, 11) is 1.03. The molecule has 0 atom stereocenters. The summed E-state index contributed by atoms with van der Waals surface area (Å²) in [5.74, 6) is -0.0295. The Morgan fingerprint density at radius 3 is 2.70 bits per heavy atom. The molecular weight excluding hydrogens is 258 g/mol. The number of halogens is 2. The van der Waals surface area contributed by atoms with E-state index in [0.717, 1.165) is 25.4 Å². The molecule has 0 spiro atoms. The zero-order valence-corrected chi connectivity index (χ0v) is 9.85. The van der Waals surface area contributed by atoms with Gasteiger partial charge in [-0.1, -0.05) is 12.1 Å². The molecule has 10 heavy (non-hydrogen) atoms. The van der Waals surface area contributed by atoms with Crippen LogP contribution >= 0.6 is 22.6 Å². The molecule has 0 amide bonds. The standard InChI is InChI=1S/C7H8FISi/c8-7-5(4-10)2-1-3-6(7)9/h1-3H,4H2,10H3. The van der Waals surface area contributed by atoms with Gasteiger partial charge in [-0.05, 0) is 40.3 Å². The van der Waals surface area contributed by atoms with Gasteiger partial charge in [0.15, 0.2) is 0 Å². The molecule has 1 aromatic carbocycles. The fraction of sp³-hybridized carbons (Fsp3) is 0.143. The molecule has 0 aliphatic heterocycles. The van der Waals surface area contributed by atoms with E-state index < -0.39 is 0 Å². The van der Waals surface area contributed by atoms with Crippen LogP contribution in [0.5, 0.6) is 0 Å². The maximum absolute atomic E-state index is 13.0. The molecular formula is C7H8FISi. The highest BCUT2D eigenvalue weighted by Gasteiger charge is 2.01. The van der Waals surface area contributed by atoms with E-state index in [2.05, 4.69) is 0 Å². The van der Waals surface area contributed by atoms with Crippen LogP contribution in [0.15, 0.2) is 18.2 Å². The van der Waals surface area contributed by atoms with Crippen molar-refractivity contribution in [3.63, 3.8) is 0 Å². The molecule has 0 saturated heterocycles. The summed E-state index contributed by atoms with van der Waals surface area (Å²) in [6, 6.07) is 6.45. The fourth-order valence-electron chi connectivity index (χ4n) is 0.822. The number of benzene rings is 1. The highest BCUT2D eigenvalue weighted by molar-refractivity contribution is 14.1. The van der Waals surface area contributed by atoms with Crippen molar-refractivity contribution in [2.75, 3.05) is 0 Å². The van der Waals surface area contributed by atoms with Crippen LogP contribution in [0.25, 0.3) is 0 Å². The molecule has 0 aliphatic rings. The highest BCUT2D eigenvalue weighted by Crippen LogP contribution is 2.14. The lowest BCUT2D eigenvalue weighted by molar-refractivity contribution is 0.609. The third kappa shape index (κ3) is 1.57. The van der Waals surface area contributed by atoms with E-state index in [1.165, 1.54) is 0 Å². The largest absolute Gasteiger partial charge is 0.206 e. The molecule has 0 N–H and O–H groups in total. The SMILES string of the molecule is Fc1c(I)cccc1C[SiH3]. The van der Waals surface area contributed by atoms with Crippen LogP contribution in [-0.4, -0.2) is 10.2 Å². The number of hydrogen-bond acceptors (Lipinski definition) is 0. The smallest absolute Gasteiger partial charge is 0.139 e. The first kappa shape index (κ1) is 8.20. The molecule has 0 nitrogen and oxygen atoms in total. The van der Waals surface area contributed by atoms with Crippen molar-refractivity contribution in [3.05, 3.63) is 33.1 Å². The molecule has 1 rings (SSSR count). The first-order valence-electron chi connectivity index (χ1n) is 3.18. The maximum Gasteiger partial charge on any atom is 0.139 e. The Morgan fingerprint density at radius 1 is 1.50 bits per heavy atom. The minimum absolute atomic E-state index is 0.0295. The lowest BCUT2D eigenvalue weighted by Gasteiger charge is -1.99. The summed E-state index contributed by atoms with van der Waals surface area (Å²) in [6.45, 7) is 0. The topological polar surface area (TPSA) is 0 Å². The van der Waals surface area contributed by atoms with E-state index in [0.29, 0.717) is 0 Å². The average molecular weight is 266 g/mol. The van der Waals surface area contributed by atoms with Gasteiger partial charge in [-0.2, -0.15) is 0 Å². The van der Waals surface area contributed by atoms with Crippen molar-refractivity contribution in [1.82, 2.24) is 0 Å². The van der Waals surface area contributed by atoms with Crippen LogP contribution in [0.1, 0.15) is 5.56 Å². The van der Waals surface area contributed by atoms with Crippen LogP contribution < -0.4 is 0 Å². The molecule has 0 radical (unpaired) electrons. The van der Waals surface area contributed by atoms with E-state index in [4.69, 9.17) is 0 Å². The van der Waals surface area contributed by atoms with Gasteiger partial charge in [0, 0.05) is 13.8 Å². The van der Waals surface area contributed by atoms with Crippen LogP contribution in [-0.2, 0) is 6.04 Å². The van der Waals surface area contributed by atoms with Gasteiger partial charge in [0.1, 0.15) is 5.82 Å².